The number of nitrogens with zero attached hydrogens (tertiary/aromatic N) is 2. The number of isocyanates is 2. The summed E-state index contributed by atoms with van der Waals surface area (Å²) < 4.78 is 0. The van der Waals surface area contributed by atoms with Gasteiger partial charge in [0.2, 0.25) is 12.2 Å². The Balaban J connectivity index is 0. The van der Waals surface area contributed by atoms with Crippen molar-refractivity contribution in [3.63, 3.8) is 0 Å². The zero-order chi connectivity index (χ0) is 11.4. The van der Waals surface area contributed by atoms with Gasteiger partial charge in [0.15, 0.2) is 6.67 Å². The number of imide groups is 1. The molecule has 0 saturated heterocycles. The van der Waals surface area contributed by atoms with Crippen LogP contribution in [0.15, 0.2) is 9.98 Å². The molecule has 0 heterocycles. The number of urea groups is 1. The lowest BCUT2D eigenvalue weighted by Crippen LogP contribution is -2.33. The Kier molecular flexibility index (Phi) is 10.5. The van der Waals surface area contributed by atoms with Crippen LogP contribution in [0.4, 0.5) is 9.59 Å². The van der Waals surface area contributed by atoms with Crippen LogP contribution in [0.5, 0.6) is 0 Å². The predicted octanol–water partition coefficient (Wildman–Crippen LogP) is -1.05. The molecule has 0 atom stereocenters. The summed E-state index contributed by atoms with van der Waals surface area (Å²) in [6.45, 7) is -0.160. The highest BCUT2D eigenvalue weighted by Crippen LogP contribution is 1.61. The summed E-state index contributed by atoms with van der Waals surface area (Å²) in [5.74, 6) is 0. The van der Waals surface area contributed by atoms with E-state index in [0.29, 0.717) is 0 Å². The molecule has 14 heavy (non-hydrogen) atoms. The van der Waals surface area contributed by atoms with Crippen molar-refractivity contribution < 1.29 is 24.3 Å². The molecule has 3 amide bonds. The van der Waals surface area contributed by atoms with Crippen molar-refractivity contribution in [2.24, 2.45) is 15.7 Å². The van der Waals surface area contributed by atoms with Crippen molar-refractivity contribution in [3.8, 4) is 0 Å². The Hall–Kier alpha value is -2.50. The molecule has 0 aromatic carbocycles. The zero-order valence-electron chi connectivity index (χ0n) is 6.76. The fourth-order valence-corrected chi connectivity index (χ4v) is 0.198. The van der Waals surface area contributed by atoms with E-state index in [1.807, 2.05) is 0 Å². The number of hydrogen-bond acceptors (Lipinski definition) is 6. The maximum atomic E-state index is 9.54. The lowest BCUT2D eigenvalue weighted by Gasteiger charge is -1.86. The topological polar surface area (TPSA) is 151 Å². The molecule has 0 bridgehead atoms. The van der Waals surface area contributed by atoms with Gasteiger partial charge < -0.3 is 10.8 Å². The van der Waals surface area contributed by atoms with Gasteiger partial charge in [0, 0.05) is 0 Å². The molecule has 4 N–H and O–H groups in total. The highest BCUT2D eigenvalue weighted by Gasteiger charge is 1.94. The minimum Gasteiger partial charge on any atom is -0.465 e. The van der Waals surface area contributed by atoms with Crippen molar-refractivity contribution in [3.05, 3.63) is 0 Å². The molecule has 0 rings (SSSR count). The molecule has 9 nitrogen and oxygen atoms in total. The van der Waals surface area contributed by atoms with E-state index in [0.717, 1.165) is 0 Å². The number of nitrogens with one attached hydrogen (secondary N) is 1. The molecule has 0 aliphatic carbocycles. The molecule has 0 radical (unpaired) electrons. The van der Waals surface area contributed by atoms with E-state index in [4.69, 9.17) is 5.11 Å². The molecule has 0 aromatic rings. The van der Waals surface area contributed by atoms with Gasteiger partial charge >= 0.3 is 12.1 Å². The van der Waals surface area contributed by atoms with E-state index in [1.165, 1.54) is 17.5 Å². The predicted molar refractivity (Wildman–Crippen MR) is 41.9 cm³/mol. The van der Waals surface area contributed by atoms with E-state index in [-0.39, 0.29) is 6.67 Å². The molecule has 0 fully saturated rings. The van der Waals surface area contributed by atoms with Crippen molar-refractivity contribution >= 4 is 24.3 Å². The van der Waals surface area contributed by atoms with Crippen LogP contribution in [0.1, 0.15) is 0 Å². The number of carboxylic acid groups (broad SMARTS) is 1. The van der Waals surface area contributed by atoms with Gasteiger partial charge in [0.05, 0.1) is 0 Å². The lowest BCUT2D eigenvalue weighted by molar-refractivity contribution is 0.193. The van der Waals surface area contributed by atoms with E-state index in [2.05, 4.69) is 15.7 Å². The van der Waals surface area contributed by atoms with Gasteiger partial charge in [0.1, 0.15) is 0 Å². The standard InChI is InChI=1S/C3H2N2O2.C2H4N2O3/c6-2-4-1-5-3-7;3-1(5)4-2(6)7/h1H2;(H,6,7)(H3,3,4,5). The molecule has 0 aliphatic rings. The number of primary amides is 1. The minimum absolute atomic E-state index is 0.160. The van der Waals surface area contributed by atoms with E-state index in [9.17, 15) is 19.2 Å². The Morgan fingerprint density at radius 2 is 1.71 bits per heavy atom. The van der Waals surface area contributed by atoms with Crippen molar-refractivity contribution in [2.75, 3.05) is 6.67 Å². The van der Waals surface area contributed by atoms with E-state index in [1.54, 1.807) is 0 Å². The fourth-order valence-electron chi connectivity index (χ4n) is 0.198. The largest absolute Gasteiger partial charge is 0.465 e. The first-order chi connectivity index (χ1) is 6.54. The van der Waals surface area contributed by atoms with Crippen LogP contribution < -0.4 is 11.1 Å². The second-order valence-electron chi connectivity index (χ2n) is 1.43. The van der Waals surface area contributed by atoms with Crippen LogP contribution in [0.2, 0.25) is 0 Å². The Labute approximate surface area is 77.3 Å². The average Bonchev–Trinajstić information content (AvgIpc) is 2.04. The van der Waals surface area contributed by atoms with Gasteiger partial charge in [-0.25, -0.2) is 24.5 Å². The number of rotatable bonds is 2. The summed E-state index contributed by atoms with van der Waals surface area (Å²) >= 11 is 0. The molecule has 0 saturated carbocycles. The smallest absolute Gasteiger partial charge is 0.412 e. The number of nitrogens with two attached hydrogens (primary N) is 1. The molecule has 0 aromatic heterocycles. The van der Waals surface area contributed by atoms with Crippen molar-refractivity contribution in [2.45, 2.75) is 0 Å². The lowest BCUT2D eigenvalue weighted by atomic mass is 11.0. The number of amides is 3. The Morgan fingerprint density at radius 1 is 1.29 bits per heavy atom. The van der Waals surface area contributed by atoms with Gasteiger partial charge in [-0.2, -0.15) is 9.98 Å². The van der Waals surface area contributed by atoms with Crippen molar-refractivity contribution in [1.29, 1.82) is 0 Å². The first kappa shape index (κ1) is 14.0. The SMILES string of the molecule is NC(=O)NC(=O)O.O=C=NCN=C=O. The quantitative estimate of drug-likeness (QED) is 0.385. The van der Waals surface area contributed by atoms with Crippen LogP contribution in [0.25, 0.3) is 0 Å². The zero-order valence-corrected chi connectivity index (χ0v) is 6.76. The molecule has 0 aliphatic heterocycles. The molecular formula is C5H6N4O5. The number of carbonyl (C=O) groups is 2. The second-order valence-corrected chi connectivity index (χ2v) is 1.43. The van der Waals surface area contributed by atoms with E-state index >= 15 is 0 Å². The Morgan fingerprint density at radius 3 is 1.86 bits per heavy atom. The Bertz CT molecular complexity index is 258. The third kappa shape index (κ3) is 22.7. The summed E-state index contributed by atoms with van der Waals surface area (Å²) in [5, 5.41) is 9.03. The number of carbonyl (C=O) groups excluding carboxylic acids is 3. The molecular weight excluding hydrogens is 196 g/mol. The molecule has 0 unspecified atom stereocenters. The van der Waals surface area contributed by atoms with Gasteiger partial charge in [-0.1, -0.05) is 0 Å². The first-order valence-electron chi connectivity index (χ1n) is 2.91. The third-order valence-electron chi connectivity index (χ3n) is 0.501. The minimum atomic E-state index is -1.44. The summed E-state index contributed by atoms with van der Waals surface area (Å²) in [7, 11) is 0. The molecule has 0 spiro atoms. The monoisotopic (exact) mass is 202 g/mol. The average molecular weight is 202 g/mol. The van der Waals surface area contributed by atoms with Gasteiger partial charge in [0.25, 0.3) is 0 Å². The van der Waals surface area contributed by atoms with Crippen LogP contribution in [-0.4, -0.2) is 36.1 Å². The van der Waals surface area contributed by atoms with Crippen LogP contribution in [-0.2, 0) is 9.59 Å². The maximum Gasteiger partial charge on any atom is 0.412 e. The van der Waals surface area contributed by atoms with Gasteiger partial charge in [-0.05, 0) is 0 Å². The molecule has 76 valence electrons. The van der Waals surface area contributed by atoms with Gasteiger partial charge in [-0.15, -0.1) is 0 Å². The van der Waals surface area contributed by atoms with Crippen LogP contribution in [0.3, 0.4) is 0 Å². The summed E-state index contributed by atoms with van der Waals surface area (Å²) in [6, 6.07) is -1.06. The summed E-state index contributed by atoms with van der Waals surface area (Å²) in [4.78, 5) is 43.2. The summed E-state index contributed by atoms with van der Waals surface area (Å²) in [6.07, 6.45) is 0.972. The van der Waals surface area contributed by atoms with Crippen LogP contribution >= 0.6 is 0 Å². The highest BCUT2D eigenvalue weighted by molar-refractivity contribution is 5.88. The maximum absolute atomic E-state index is 9.54. The third-order valence-corrected chi connectivity index (χ3v) is 0.501. The second kappa shape index (κ2) is 10.5. The normalized spacial score (nSPS) is 6.57. The summed E-state index contributed by atoms with van der Waals surface area (Å²) in [5.41, 5.74) is 4.36. The first-order valence-corrected chi connectivity index (χ1v) is 2.91. The highest BCUT2D eigenvalue weighted by atomic mass is 16.4. The fraction of sp³-hybridized carbons (Fsp3) is 0.200. The van der Waals surface area contributed by atoms with Gasteiger partial charge in [-0.3, -0.25) is 0 Å². The number of aliphatic imine (C=N–C) groups is 2. The van der Waals surface area contributed by atoms with Crippen molar-refractivity contribution in [1.82, 2.24) is 5.32 Å². The van der Waals surface area contributed by atoms with E-state index < -0.39 is 12.1 Å². The molecule has 9 heteroatoms. The van der Waals surface area contributed by atoms with Crippen LogP contribution in [0, 0.1) is 0 Å². The number of hydrogen-bond donors (Lipinski definition) is 3.